The Labute approximate surface area is 111 Å². The molecule has 0 bridgehead atoms. The third-order valence-corrected chi connectivity index (χ3v) is 3.04. The van der Waals surface area contributed by atoms with E-state index in [0.717, 1.165) is 6.42 Å². The summed E-state index contributed by atoms with van der Waals surface area (Å²) in [6.07, 6.45) is 0.734. The highest BCUT2D eigenvalue weighted by molar-refractivity contribution is 6.69. The zero-order valence-corrected chi connectivity index (χ0v) is 13.2. The summed E-state index contributed by atoms with van der Waals surface area (Å²) in [5.41, 5.74) is 0.398. The van der Waals surface area contributed by atoms with E-state index in [1.165, 1.54) is 0 Å². The fourth-order valence-electron chi connectivity index (χ4n) is 1.06. The minimum Gasteiger partial charge on any atom is -0.459 e. The van der Waals surface area contributed by atoms with Gasteiger partial charge in [0.15, 0.2) is 8.32 Å². The average Bonchev–Trinajstić information content (AvgIpc) is 2.26. The minimum absolute atomic E-state index is 0.194. The van der Waals surface area contributed by atoms with E-state index >= 15 is 0 Å². The van der Waals surface area contributed by atoms with E-state index in [4.69, 9.17) is 13.9 Å². The van der Waals surface area contributed by atoms with Crippen LogP contribution in [0, 0.1) is 0 Å². The first-order valence-corrected chi connectivity index (χ1v) is 9.75. The van der Waals surface area contributed by atoms with Crippen molar-refractivity contribution >= 4 is 14.3 Å². The Morgan fingerprint density at radius 2 is 1.89 bits per heavy atom. The van der Waals surface area contributed by atoms with E-state index in [0.29, 0.717) is 18.8 Å². The molecule has 0 fully saturated rings. The normalized spacial score (nSPS) is 13.2. The molecule has 0 heterocycles. The molecule has 0 radical (unpaired) electrons. The van der Waals surface area contributed by atoms with Crippen LogP contribution in [0.4, 0.5) is 0 Å². The number of hydrogen-bond donors (Lipinski definition) is 0. The van der Waals surface area contributed by atoms with Crippen LogP contribution in [0.1, 0.15) is 20.3 Å². The van der Waals surface area contributed by atoms with Crippen LogP contribution >= 0.6 is 0 Å². The molecule has 1 atom stereocenters. The van der Waals surface area contributed by atoms with Crippen LogP contribution in [0.15, 0.2) is 12.2 Å². The van der Waals surface area contributed by atoms with Crippen LogP contribution in [0.5, 0.6) is 0 Å². The number of rotatable bonds is 9. The fourth-order valence-corrected chi connectivity index (χ4v) is 1.75. The predicted molar refractivity (Wildman–Crippen MR) is 75.1 cm³/mol. The zero-order chi connectivity index (χ0) is 14.2. The van der Waals surface area contributed by atoms with Gasteiger partial charge in [0.05, 0.1) is 6.61 Å². The van der Waals surface area contributed by atoms with Crippen molar-refractivity contribution in [2.24, 2.45) is 0 Å². The molecular weight excluding hydrogens is 248 g/mol. The van der Waals surface area contributed by atoms with Crippen molar-refractivity contribution in [2.75, 3.05) is 19.8 Å². The van der Waals surface area contributed by atoms with E-state index in [9.17, 15) is 4.79 Å². The molecule has 0 aromatic carbocycles. The van der Waals surface area contributed by atoms with Gasteiger partial charge in [-0.05, 0) is 33.0 Å². The van der Waals surface area contributed by atoms with E-state index in [1.54, 1.807) is 6.92 Å². The molecule has 0 saturated heterocycles. The molecule has 1 unspecified atom stereocenters. The maximum atomic E-state index is 11.3. The Hall–Kier alpha value is -0.653. The van der Waals surface area contributed by atoms with E-state index < -0.39 is 8.32 Å². The molecule has 0 spiro atoms. The Bertz CT molecular complexity index is 271. The van der Waals surface area contributed by atoms with Crippen LogP contribution in [0.3, 0.4) is 0 Å². The standard InChI is InChI=1S/C13H26O4Si/c1-7-8-15-12(10-17-18(4,5)6)9-16-13(14)11(2)3/h12H,2,7-10H2,1,3-6H3. The van der Waals surface area contributed by atoms with Gasteiger partial charge in [-0.2, -0.15) is 0 Å². The van der Waals surface area contributed by atoms with Gasteiger partial charge in [0.2, 0.25) is 0 Å². The Kier molecular flexibility index (Phi) is 8.14. The highest BCUT2D eigenvalue weighted by atomic mass is 28.4. The summed E-state index contributed by atoms with van der Waals surface area (Å²) in [5, 5.41) is 0. The van der Waals surface area contributed by atoms with Crippen molar-refractivity contribution in [3.63, 3.8) is 0 Å². The Morgan fingerprint density at radius 1 is 1.28 bits per heavy atom. The number of hydrogen-bond acceptors (Lipinski definition) is 4. The van der Waals surface area contributed by atoms with Gasteiger partial charge < -0.3 is 13.9 Å². The molecule has 18 heavy (non-hydrogen) atoms. The number of esters is 1. The Morgan fingerprint density at radius 3 is 2.33 bits per heavy atom. The first-order valence-electron chi connectivity index (χ1n) is 6.34. The minimum atomic E-state index is -1.58. The lowest BCUT2D eigenvalue weighted by atomic mass is 10.3. The molecule has 0 saturated carbocycles. The monoisotopic (exact) mass is 274 g/mol. The van der Waals surface area contributed by atoms with Crippen LogP contribution in [0.25, 0.3) is 0 Å². The molecule has 0 aliphatic rings. The average molecular weight is 274 g/mol. The molecule has 4 nitrogen and oxygen atoms in total. The number of ether oxygens (including phenoxy) is 2. The van der Waals surface area contributed by atoms with Gasteiger partial charge >= 0.3 is 5.97 Å². The lowest BCUT2D eigenvalue weighted by Crippen LogP contribution is -2.34. The molecule has 0 amide bonds. The van der Waals surface area contributed by atoms with Crippen LogP contribution < -0.4 is 0 Å². The smallest absolute Gasteiger partial charge is 0.333 e. The maximum Gasteiger partial charge on any atom is 0.333 e. The fraction of sp³-hybridized carbons (Fsp3) is 0.769. The Balaban J connectivity index is 4.14. The first-order chi connectivity index (χ1) is 8.26. The summed E-state index contributed by atoms with van der Waals surface area (Å²) in [7, 11) is -1.58. The van der Waals surface area contributed by atoms with Crippen LogP contribution in [0.2, 0.25) is 19.6 Å². The molecule has 0 aromatic heterocycles. The second kappa shape index (κ2) is 8.45. The second-order valence-electron chi connectivity index (χ2n) is 5.29. The first kappa shape index (κ1) is 17.3. The highest BCUT2D eigenvalue weighted by Crippen LogP contribution is 2.06. The topological polar surface area (TPSA) is 44.8 Å². The third-order valence-electron chi connectivity index (χ3n) is 2.01. The molecule has 0 aliphatic carbocycles. The van der Waals surface area contributed by atoms with Crippen LogP contribution in [-0.2, 0) is 18.7 Å². The molecular formula is C13H26O4Si. The summed E-state index contributed by atoms with van der Waals surface area (Å²) in [6, 6.07) is 0. The lowest BCUT2D eigenvalue weighted by molar-refractivity contribution is -0.144. The van der Waals surface area contributed by atoms with Crippen molar-refractivity contribution in [1.82, 2.24) is 0 Å². The summed E-state index contributed by atoms with van der Waals surface area (Å²) in [6.45, 7) is 14.9. The quantitative estimate of drug-likeness (QED) is 0.368. The van der Waals surface area contributed by atoms with Crippen molar-refractivity contribution in [3.8, 4) is 0 Å². The van der Waals surface area contributed by atoms with Crippen molar-refractivity contribution in [3.05, 3.63) is 12.2 Å². The van der Waals surface area contributed by atoms with Gasteiger partial charge in [-0.25, -0.2) is 4.79 Å². The molecule has 0 N–H and O–H groups in total. The zero-order valence-electron chi connectivity index (χ0n) is 12.2. The van der Waals surface area contributed by atoms with Gasteiger partial charge in [0.1, 0.15) is 12.7 Å². The highest BCUT2D eigenvalue weighted by Gasteiger charge is 2.19. The maximum absolute atomic E-state index is 11.3. The van der Waals surface area contributed by atoms with E-state index in [1.807, 2.05) is 6.92 Å². The predicted octanol–water partition coefficient (Wildman–Crippen LogP) is 2.75. The molecule has 0 aliphatic heterocycles. The number of carbonyl (C=O) groups is 1. The van der Waals surface area contributed by atoms with Crippen molar-refractivity contribution in [2.45, 2.75) is 46.0 Å². The van der Waals surface area contributed by atoms with Gasteiger partial charge in [-0.1, -0.05) is 13.5 Å². The summed E-state index contributed by atoms with van der Waals surface area (Å²) >= 11 is 0. The third kappa shape index (κ3) is 9.38. The van der Waals surface area contributed by atoms with Gasteiger partial charge in [-0.3, -0.25) is 0 Å². The van der Waals surface area contributed by atoms with E-state index in [2.05, 4.69) is 26.2 Å². The molecule has 106 valence electrons. The number of carbonyl (C=O) groups excluding carboxylic acids is 1. The largest absolute Gasteiger partial charge is 0.459 e. The molecule has 5 heteroatoms. The van der Waals surface area contributed by atoms with Gasteiger partial charge in [-0.15, -0.1) is 0 Å². The van der Waals surface area contributed by atoms with Crippen molar-refractivity contribution in [1.29, 1.82) is 0 Å². The van der Waals surface area contributed by atoms with Gasteiger partial charge in [0.25, 0.3) is 0 Å². The molecule has 0 aromatic rings. The van der Waals surface area contributed by atoms with Crippen molar-refractivity contribution < 1.29 is 18.7 Å². The summed E-state index contributed by atoms with van der Waals surface area (Å²) in [4.78, 5) is 11.3. The van der Waals surface area contributed by atoms with Crippen LogP contribution in [-0.4, -0.2) is 40.2 Å². The summed E-state index contributed by atoms with van der Waals surface area (Å²) < 4.78 is 16.5. The van der Waals surface area contributed by atoms with E-state index in [-0.39, 0.29) is 18.7 Å². The molecule has 0 rings (SSSR count). The second-order valence-corrected chi connectivity index (χ2v) is 9.81. The lowest BCUT2D eigenvalue weighted by Gasteiger charge is -2.23. The summed E-state index contributed by atoms with van der Waals surface area (Å²) in [5.74, 6) is -0.381. The van der Waals surface area contributed by atoms with Gasteiger partial charge in [0, 0.05) is 12.2 Å². The SMILES string of the molecule is C=C(C)C(=O)OCC(CO[Si](C)(C)C)OCCC.